The molecule has 0 bridgehead atoms. The van der Waals surface area contributed by atoms with Crippen molar-refractivity contribution in [2.24, 2.45) is 35.0 Å². The van der Waals surface area contributed by atoms with Gasteiger partial charge in [-0.2, -0.15) is 0 Å². The van der Waals surface area contributed by atoms with Crippen molar-refractivity contribution in [3.05, 3.63) is 35.5 Å². The summed E-state index contributed by atoms with van der Waals surface area (Å²) in [5.74, 6) is 3.89. The third-order valence-electron chi connectivity index (χ3n) is 8.95. The fraction of sp³-hybridized carbons (Fsp3) is 0.759. The predicted octanol–water partition coefficient (Wildman–Crippen LogP) is 8.46. The molecule has 3 aliphatic carbocycles. The van der Waals surface area contributed by atoms with Crippen LogP contribution in [0.2, 0.25) is 0 Å². The van der Waals surface area contributed by atoms with E-state index in [0.29, 0.717) is 11.2 Å². The molecule has 0 heterocycles. The first-order chi connectivity index (χ1) is 14.2. The van der Waals surface area contributed by atoms with Gasteiger partial charge in [0.1, 0.15) is 5.78 Å². The second-order valence-electron chi connectivity index (χ2n) is 11.5. The van der Waals surface area contributed by atoms with Crippen molar-refractivity contribution in [1.29, 1.82) is 0 Å². The second kappa shape index (κ2) is 10.0. The Morgan fingerprint density at radius 2 is 1.90 bits per heavy atom. The normalized spacial score (nSPS) is 35.8. The van der Waals surface area contributed by atoms with Gasteiger partial charge in [0, 0.05) is 5.92 Å². The van der Waals surface area contributed by atoms with Gasteiger partial charge in [-0.3, -0.25) is 4.79 Å². The third kappa shape index (κ3) is 5.20. The maximum absolute atomic E-state index is 11.9. The highest BCUT2D eigenvalue weighted by Crippen LogP contribution is 2.60. The number of carbonyl (C=O) groups is 1. The van der Waals surface area contributed by atoms with Crippen LogP contribution in [0.5, 0.6) is 0 Å². The molecule has 0 saturated heterocycles. The van der Waals surface area contributed by atoms with Crippen LogP contribution in [-0.2, 0) is 4.79 Å². The van der Waals surface area contributed by atoms with E-state index in [1.807, 2.05) is 0 Å². The molecular weight excluding hydrogens is 364 g/mol. The molecule has 3 aliphatic rings. The number of ketones is 1. The zero-order valence-electron chi connectivity index (χ0n) is 20.4. The average molecular weight is 411 g/mol. The minimum atomic E-state index is 0.208. The average Bonchev–Trinajstić information content (AvgIpc) is 3.04. The molecule has 0 aromatic rings. The van der Waals surface area contributed by atoms with Gasteiger partial charge in [-0.1, -0.05) is 76.8 Å². The Balaban J connectivity index is 1.71. The molecular formula is C29H46O. The Labute approximate surface area is 186 Å². The molecule has 0 amide bonds. The van der Waals surface area contributed by atoms with E-state index in [2.05, 4.69) is 46.4 Å². The third-order valence-corrected chi connectivity index (χ3v) is 8.95. The molecule has 1 heteroatoms. The zero-order valence-corrected chi connectivity index (χ0v) is 20.4. The van der Waals surface area contributed by atoms with Gasteiger partial charge in [0.25, 0.3) is 0 Å². The maximum atomic E-state index is 11.9. The lowest BCUT2D eigenvalue weighted by Gasteiger charge is -2.44. The summed E-state index contributed by atoms with van der Waals surface area (Å²) >= 11 is 0. The summed E-state index contributed by atoms with van der Waals surface area (Å²) in [6.07, 6.45) is 18.6. The topological polar surface area (TPSA) is 17.1 Å². The van der Waals surface area contributed by atoms with Crippen LogP contribution < -0.4 is 0 Å². The first kappa shape index (κ1) is 23.6. The smallest absolute Gasteiger partial charge is 0.133 e. The van der Waals surface area contributed by atoms with Gasteiger partial charge in [0.15, 0.2) is 0 Å². The van der Waals surface area contributed by atoms with Crippen LogP contribution in [0.3, 0.4) is 0 Å². The van der Waals surface area contributed by atoms with E-state index in [0.717, 1.165) is 42.9 Å². The number of fused-ring (bicyclic) bond motifs is 1. The van der Waals surface area contributed by atoms with Crippen molar-refractivity contribution >= 4 is 5.78 Å². The van der Waals surface area contributed by atoms with E-state index in [9.17, 15) is 4.79 Å². The van der Waals surface area contributed by atoms with Gasteiger partial charge in [0.2, 0.25) is 0 Å². The molecule has 0 aromatic carbocycles. The maximum Gasteiger partial charge on any atom is 0.133 e. The Bertz CT molecular complexity index is 693. The number of Topliss-reactive ketones (excluding diaryl/α,β-unsaturated/α-hetero) is 1. The molecule has 0 aliphatic heterocycles. The lowest BCUT2D eigenvalue weighted by molar-refractivity contribution is -0.121. The quantitative estimate of drug-likeness (QED) is 0.411. The Morgan fingerprint density at radius 3 is 2.60 bits per heavy atom. The minimum absolute atomic E-state index is 0.208. The van der Waals surface area contributed by atoms with Gasteiger partial charge in [-0.25, -0.2) is 0 Å². The Hall–Kier alpha value is -1.11. The van der Waals surface area contributed by atoms with Crippen LogP contribution in [0, 0.1) is 35.0 Å². The summed E-state index contributed by atoms with van der Waals surface area (Å²) in [6.45, 7) is 15.9. The molecule has 0 radical (unpaired) electrons. The largest absolute Gasteiger partial charge is 0.300 e. The van der Waals surface area contributed by atoms with Crippen molar-refractivity contribution in [2.75, 3.05) is 0 Å². The minimum Gasteiger partial charge on any atom is -0.300 e. The summed E-state index contributed by atoms with van der Waals surface area (Å²) in [5, 5.41) is 0. The van der Waals surface area contributed by atoms with E-state index >= 15 is 0 Å². The first-order valence-electron chi connectivity index (χ1n) is 12.8. The SMILES string of the molecule is C=C1CC[C@H](C(C)=O)C/C1=C\C=C1/CCC[C@@]2(C)C1CCC2[C@H](C)CCCC(C)C. The van der Waals surface area contributed by atoms with Crippen LogP contribution in [0.4, 0.5) is 0 Å². The highest BCUT2D eigenvalue weighted by Gasteiger charge is 2.50. The first-order valence-corrected chi connectivity index (χ1v) is 12.8. The molecule has 0 aromatic heterocycles. The van der Waals surface area contributed by atoms with Crippen LogP contribution in [0.15, 0.2) is 35.5 Å². The molecule has 2 unspecified atom stereocenters. The molecule has 30 heavy (non-hydrogen) atoms. The van der Waals surface area contributed by atoms with Crippen LogP contribution in [0.1, 0.15) is 105 Å². The van der Waals surface area contributed by atoms with Crippen LogP contribution >= 0.6 is 0 Å². The molecule has 0 spiro atoms. The van der Waals surface area contributed by atoms with Crippen LogP contribution in [-0.4, -0.2) is 5.78 Å². The standard InChI is InChI=1S/C29H46O/c1-20(2)9-7-10-22(4)27-16-17-28-24(11-8-18-29(27,28)6)14-15-25-19-26(23(5)30)13-12-21(25)3/h14-15,20,22,26-28H,3,7-13,16-19H2,1-2,4-6H3/b24-14+,25-15+/t22-,26+,27?,28?,29-/m1/s1. The van der Waals surface area contributed by atoms with E-state index in [-0.39, 0.29) is 5.92 Å². The molecule has 3 rings (SSSR count). The Morgan fingerprint density at radius 1 is 1.13 bits per heavy atom. The molecule has 0 N–H and O–H groups in total. The highest BCUT2D eigenvalue weighted by molar-refractivity contribution is 5.79. The predicted molar refractivity (Wildman–Crippen MR) is 129 cm³/mol. The summed E-state index contributed by atoms with van der Waals surface area (Å²) in [4.78, 5) is 11.9. The monoisotopic (exact) mass is 410 g/mol. The Kier molecular flexibility index (Phi) is 7.86. The molecule has 3 fully saturated rings. The molecule has 168 valence electrons. The van der Waals surface area contributed by atoms with Gasteiger partial charge in [-0.05, 0) is 93.0 Å². The molecule has 1 nitrogen and oxygen atoms in total. The number of allylic oxidation sites excluding steroid dienone is 5. The lowest BCUT2D eigenvalue weighted by Crippen LogP contribution is -2.36. The summed E-state index contributed by atoms with van der Waals surface area (Å²) in [5.41, 5.74) is 4.76. The highest BCUT2D eigenvalue weighted by atomic mass is 16.1. The van der Waals surface area contributed by atoms with Gasteiger partial charge in [-0.15, -0.1) is 0 Å². The fourth-order valence-corrected chi connectivity index (χ4v) is 7.02. The summed E-state index contributed by atoms with van der Waals surface area (Å²) in [7, 11) is 0. The van der Waals surface area contributed by atoms with Crippen molar-refractivity contribution < 1.29 is 4.79 Å². The van der Waals surface area contributed by atoms with E-state index in [1.165, 1.54) is 62.5 Å². The number of rotatable bonds is 7. The van der Waals surface area contributed by atoms with E-state index in [4.69, 9.17) is 0 Å². The van der Waals surface area contributed by atoms with Crippen molar-refractivity contribution in [2.45, 2.75) is 105 Å². The second-order valence-corrected chi connectivity index (χ2v) is 11.5. The van der Waals surface area contributed by atoms with Crippen molar-refractivity contribution in [3.63, 3.8) is 0 Å². The van der Waals surface area contributed by atoms with Crippen molar-refractivity contribution in [3.8, 4) is 0 Å². The number of hydrogen-bond donors (Lipinski definition) is 0. The number of carbonyl (C=O) groups excluding carboxylic acids is 1. The van der Waals surface area contributed by atoms with E-state index in [1.54, 1.807) is 12.5 Å². The fourth-order valence-electron chi connectivity index (χ4n) is 7.02. The molecule has 3 saturated carbocycles. The van der Waals surface area contributed by atoms with Crippen molar-refractivity contribution in [1.82, 2.24) is 0 Å². The summed E-state index contributed by atoms with van der Waals surface area (Å²) < 4.78 is 0. The van der Waals surface area contributed by atoms with Gasteiger partial charge < -0.3 is 0 Å². The van der Waals surface area contributed by atoms with E-state index < -0.39 is 0 Å². The lowest BCUT2D eigenvalue weighted by atomic mass is 9.60. The van der Waals surface area contributed by atoms with Gasteiger partial charge >= 0.3 is 0 Å². The van der Waals surface area contributed by atoms with Crippen LogP contribution in [0.25, 0.3) is 0 Å². The van der Waals surface area contributed by atoms with Gasteiger partial charge in [0.05, 0.1) is 0 Å². The summed E-state index contributed by atoms with van der Waals surface area (Å²) in [6, 6.07) is 0. The zero-order chi connectivity index (χ0) is 21.9. The molecule has 5 atom stereocenters. The number of hydrogen-bond acceptors (Lipinski definition) is 1.